The third-order valence-corrected chi connectivity index (χ3v) is 4.86. The monoisotopic (exact) mass is 393 g/mol. The van der Waals surface area contributed by atoms with E-state index in [1.54, 1.807) is 53.4 Å². The normalized spacial score (nSPS) is 16.0. The number of rotatable bonds is 3. The average molecular weight is 394 g/mol. The summed E-state index contributed by atoms with van der Waals surface area (Å²) in [6.07, 6.45) is 1.61. The molecule has 1 atom stereocenters. The highest BCUT2D eigenvalue weighted by atomic mass is 35.5. The second-order valence-electron chi connectivity index (χ2n) is 6.43. The number of urea groups is 1. The number of nitrogens with one attached hydrogen (secondary N) is 1. The van der Waals surface area contributed by atoms with Crippen molar-refractivity contribution in [1.29, 1.82) is 5.26 Å². The molecule has 3 aromatic rings. The summed E-state index contributed by atoms with van der Waals surface area (Å²) in [5, 5.41) is 16.4. The van der Waals surface area contributed by atoms with Crippen molar-refractivity contribution in [3.63, 3.8) is 0 Å². The van der Waals surface area contributed by atoms with Crippen LogP contribution in [0.25, 0.3) is 11.4 Å². The quantitative estimate of drug-likeness (QED) is 0.699. The maximum Gasteiger partial charge on any atom is 0.322 e. The number of benzene rings is 2. The van der Waals surface area contributed by atoms with E-state index in [0.29, 0.717) is 34.5 Å². The molecule has 1 N–H and O–H groups in total. The third-order valence-electron chi connectivity index (χ3n) is 4.61. The van der Waals surface area contributed by atoms with Gasteiger partial charge in [-0.2, -0.15) is 10.2 Å². The van der Waals surface area contributed by atoms with Crippen LogP contribution in [0.2, 0.25) is 5.02 Å². The van der Waals surface area contributed by atoms with Gasteiger partial charge in [-0.25, -0.2) is 4.79 Å². The maximum atomic E-state index is 12.7. The minimum Gasteiger partial charge on any atom is -0.337 e. The summed E-state index contributed by atoms with van der Waals surface area (Å²) in [6.45, 7) is 0.610. The number of aromatic nitrogens is 2. The lowest BCUT2D eigenvalue weighted by Crippen LogP contribution is -2.34. The SMILES string of the molecule is N#Cc1ccc(-c2noc([C@@H]3CCCN3C(=O)Nc3ccc(Cl)cc3)n2)cc1. The van der Waals surface area contributed by atoms with E-state index in [9.17, 15) is 4.79 Å². The fraction of sp³-hybridized carbons (Fsp3) is 0.200. The zero-order valence-electron chi connectivity index (χ0n) is 14.8. The van der Waals surface area contributed by atoms with Crippen LogP contribution >= 0.6 is 11.6 Å². The number of carbonyl (C=O) groups is 1. The molecule has 0 spiro atoms. The van der Waals surface area contributed by atoms with Crippen LogP contribution in [0, 0.1) is 11.3 Å². The molecular formula is C20H16ClN5O2. The summed E-state index contributed by atoms with van der Waals surface area (Å²) in [5.74, 6) is 0.840. The smallest absolute Gasteiger partial charge is 0.322 e. The number of likely N-dealkylation sites (tertiary alicyclic amines) is 1. The van der Waals surface area contributed by atoms with Crippen LogP contribution in [-0.4, -0.2) is 27.6 Å². The zero-order valence-corrected chi connectivity index (χ0v) is 15.6. The molecule has 28 heavy (non-hydrogen) atoms. The van der Waals surface area contributed by atoms with Gasteiger partial charge in [0, 0.05) is 22.8 Å². The van der Waals surface area contributed by atoms with Crippen LogP contribution in [0.1, 0.15) is 30.3 Å². The van der Waals surface area contributed by atoms with Crippen LogP contribution in [0.5, 0.6) is 0 Å². The van der Waals surface area contributed by atoms with Gasteiger partial charge in [0.05, 0.1) is 11.6 Å². The maximum absolute atomic E-state index is 12.7. The Morgan fingerprint density at radius 2 is 1.96 bits per heavy atom. The second-order valence-corrected chi connectivity index (χ2v) is 6.87. The van der Waals surface area contributed by atoms with Crippen LogP contribution in [0.4, 0.5) is 10.5 Å². The first-order valence-electron chi connectivity index (χ1n) is 8.81. The van der Waals surface area contributed by atoms with Crippen LogP contribution in [-0.2, 0) is 0 Å². The lowest BCUT2D eigenvalue weighted by atomic mass is 10.1. The zero-order chi connectivity index (χ0) is 19.5. The van der Waals surface area contributed by atoms with Gasteiger partial charge in [-0.1, -0.05) is 16.8 Å². The first kappa shape index (κ1) is 18.0. The molecule has 0 radical (unpaired) electrons. The molecule has 1 aliphatic heterocycles. The van der Waals surface area contributed by atoms with Crippen LogP contribution in [0.3, 0.4) is 0 Å². The Labute approximate surface area is 166 Å². The average Bonchev–Trinajstić information content (AvgIpc) is 3.39. The molecule has 8 heteroatoms. The minimum absolute atomic E-state index is 0.219. The summed E-state index contributed by atoms with van der Waals surface area (Å²) in [4.78, 5) is 18.9. The van der Waals surface area contributed by atoms with E-state index in [0.717, 1.165) is 18.4 Å². The Morgan fingerprint density at radius 1 is 1.21 bits per heavy atom. The van der Waals surface area contributed by atoms with Crippen molar-refractivity contribution >= 4 is 23.3 Å². The fourth-order valence-electron chi connectivity index (χ4n) is 3.18. The molecular weight excluding hydrogens is 378 g/mol. The number of nitrogens with zero attached hydrogens (tertiary/aromatic N) is 4. The number of amides is 2. The molecule has 1 fully saturated rings. The predicted molar refractivity (Wildman–Crippen MR) is 104 cm³/mol. The first-order chi connectivity index (χ1) is 13.6. The number of hydrogen-bond acceptors (Lipinski definition) is 5. The summed E-state index contributed by atoms with van der Waals surface area (Å²) < 4.78 is 5.44. The van der Waals surface area contributed by atoms with Crippen molar-refractivity contribution in [2.45, 2.75) is 18.9 Å². The molecule has 4 rings (SSSR count). The molecule has 1 saturated heterocycles. The van der Waals surface area contributed by atoms with Gasteiger partial charge < -0.3 is 14.7 Å². The van der Waals surface area contributed by atoms with Crippen molar-refractivity contribution in [3.8, 4) is 17.5 Å². The molecule has 0 saturated carbocycles. The molecule has 2 amide bonds. The van der Waals surface area contributed by atoms with E-state index in [2.05, 4.69) is 21.5 Å². The van der Waals surface area contributed by atoms with E-state index in [-0.39, 0.29) is 12.1 Å². The van der Waals surface area contributed by atoms with Crippen LogP contribution < -0.4 is 5.32 Å². The number of carbonyl (C=O) groups excluding carboxylic acids is 1. The molecule has 140 valence electrons. The Balaban J connectivity index is 1.50. The predicted octanol–water partition coefficient (Wildman–Crippen LogP) is 4.63. The summed E-state index contributed by atoms with van der Waals surface area (Å²) in [5.41, 5.74) is 1.99. The van der Waals surface area contributed by atoms with Gasteiger partial charge in [0.25, 0.3) is 0 Å². The van der Waals surface area contributed by atoms with Crippen molar-refractivity contribution in [3.05, 3.63) is 65.0 Å². The lowest BCUT2D eigenvalue weighted by molar-refractivity contribution is 0.193. The van der Waals surface area contributed by atoms with E-state index < -0.39 is 0 Å². The highest BCUT2D eigenvalue weighted by Crippen LogP contribution is 2.32. The third kappa shape index (κ3) is 3.68. The molecule has 0 unspecified atom stereocenters. The van der Waals surface area contributed by atoms with Crippen molar-refractivity contribution < 1.29 is 9.32 Å². The Morgan fingerprint density at radius 3 is 2.68 bits per heavy atom. The van der Waals surface area contributed by atoms with E-state index >= 15 is 0 Å². The molecule has 0 aliphatic carbocycles. The van der Waals surface area contributed by atoms with Gasteiger partial charge in [-0.15, -0.1) is 0 Å². The highest BCUT2D eigenvalue weighted by Gasteiger charge is 2.34. The largest absolute Gasteiger partial charge is 0.337 e. The summed E-state index contributed by atoms with van der Waals surface area (Å²) in [7, 11) is 0. The topological polar surface area (TPSA) is 95.0 Å². The summed E-state index contributed by atoms with van der Waals surface area (Å²) >= 11 is 5.88. The summed E-state index contributed by atoms with van der Waals surface area (Å²) in [6, 6.07) is 15.5. The van der Waals surface area contributed by atoms with Gasteiger partial charge in [0.1, 0.15) is 6.04 Å². The lowest BCUT2D eigenvalue weighted by Gasteiger charge is -2.22. The Bertz CT molecular complexity index is 1020. The number of nitriles is 1. The number of hydrogen-bond donors (Lipinski definition) is 1. The fourth-order valence-corrected chi connectivity index (χ4v) is 3.30. The number of halogens is 1. The molecule has 7 nitrogen and oxygen atoms in total. The molecule has 1 aliphatic rings. The van der Waals surface area contributed by atoms with Gasteiger partial charge in [0.15, 0.2) is 0 Å². The van der Waals surface area contributed by atoms with Crippen molar-refractivity contribution in [1.82, 2.24) is 15.0 Å². The second kappa shape index (κ2) is 7.71. The van der Waals surface area contributed by atoms with E-state index in [4.69, 9.17) is 21.4 Å². The highest BCUT2D eigenvalue weighted by molar-refractivity contribution is 6.30. The van der Waals surface area contributed by atoms with E-state index in [1.807, 2.05) is 0 Å². The van der Waals surface area contributed by atoms with E-state index in [1.165, 1.54) is 0 Å². The standard InChI is InChI=1S/C20H16ClN5O2/c21-15-7-9-16(10-8-15)23-20(27)26-11-1-2-17(26)19-24-18(25-28-19)14-5-3-13(12-22)4-6-14/h3-10,17H,1-2,11H2,(H,23,27)/t17-/m0/s1. The van der Waals surface area contributed by atoms with Gasteiger partial charge in [0.2, 0.25) is 11.7 Å². The first-order valence-corrected chi connectivity index (χ1v) is 9.19. The van der Waals surface area contributed by atoms with Crippen molar-refractivity contribution in [2.75, 3.05) is 11.9 Å². The Kier molecular flexibility index (Phi) is 4.96. The Hall–Kier alpha value is -3.37. The molecule has 2 heterocycles. The minimum atomic E-state index is -0.271. The number of anilines is 1. The molecule has 2 aromatic carbocycles. The van der Waals surface area contributed by atoms with Gasteiger partial charge >= 0.3 is 6.03 Å². The van der Waals surface area contributed by atoms with Gasteiger partial charge in [-0.05, 0) is 61.4 Å². The van der Waals surface area contributed by atoms with Crippen LogP contribution in [0.15, 0.2) is 53.1 Å². The molecule has 1 aromatic heterocycles. The molecule has 0 bridgehead atoms. The van der Waals surface area contributed by atoms with Gasteiger partial charge in [-0.3, -0.25) is 0 Å². The van der Waals surface area contributed by atoms with Crippen molar-refractivity contribution in [2.24, 2.45) is 0 Å².